The van der Waals surface area contributed by atoms with Crippen molar-refractivity contribution in [3.05, 3.63) is 0 Å². The monoisotopic (exact) mass is 1310 g/mol. The van der Waals surface area contributed by atoms with Gasteiger partial charge >= 0.3 is 0 Å². The normalized spacial score (nSPS) is 27.1. The summed E-state index contributed by atoms with van der Waals surface area (Å²) in [5.41, 5.74) is 0. The molecule has 0 aromatic heterocycles. The van der Waals surface area contributed by atoms with Crippen molar-refractivity contribution in [3.63, 3.8) is 0 Å². The maximum absolute atomic E-state index is 14.1. The van der Waals surface area contributed by atoms with Gasteiger partial charge < -0.3 is 101 Å². The fourth-order valence-electron chi connectivity index (χ4n) is 11.1. The van der Waals surface area contributed by atoms with E-state index in [1.54, 1.807) is 18.7 Å². The number of rotatable bonds is 49. The van der Waals surface area contributed by atoms with E-state index < -0.39 is 123 Å². The molecule has 7 unspecified atom stereocenters. The number of unbranched alkanes of at least 4 members (excludes halogenated alkanes) is 10. The summed E-state index contributed by atoms with van der Waals surface area (Å²) >= 11 is 0. The number of ether oxygens (including phenoxy) is 6. The molecular formula is C63H114N6O22. The van der Waals surface area contributed by atoms with Crippen molar-refractivity contribution >= 4 is 41.1 Å². The number of hydrogen-bond acceptors (Lipinski definition) is 23. The van der Waals surface area contributed by atoms with Gasteiger partial charge in [-0.2, -0.15) is 0 Å². The summed E-state index contributed by atoms with van der Waals surface area (Å²) in [6.07, 6.45) is -1.40. The Morgan fingerprint density at radius 2 is 0.813 bits per heavy atom. The van der Waals surface area contributed by atoms with Gasteiger partial charge in [-0.05, 0) is 83.0 Å². The zero-order valence-corrected chi connectivity index (χ0v) is 54.6. The minimum absolute atomic E-state index is 0.0530. The number of amides is 5. The van der Waals surface area contributed by atoms with Crippen molar-refractivity contribution in [3.8, 4) is 0 Å². The molecule has 0 bridgehead atoms. The summed E-state index contributed by atoms with van der Waals surface area (Å²) < 4.78 is 34.0. The second-order valence-electron chi connectivity index (χ2n) is 25.0. The van der Waals surface area contributed by atoms with Gasteiger partial charge in [0, 0.05) is 96.9 Å². The predicted octanol–water partition coefficient (Wildman–Crippen LogP) is -0.358. The molecule has 28 heteroatoms. The number of aliphatic hydroxyl groups excluding tert-OH is 9. The highest BCUT2D eigenvalue weighted by atomic mass is 16.7. The molecule has 14 N–H and O–H groups in total. The molecule has 3 heterocycles. The summed E-state index contributed by atoms with van der Waals surface area (Å²) in [6.45, 7) is 9.05. The highest BCUT2D eigenvalue weighted by molar-refractivity contribution is 5.87. The molecule has 528 valence electrons. The van der Waals surface area contributed by atoms with Crippen LogP contribution >= 0.6 is 0 Å². The molecule has 5 amide bonds. The van der Waals surface area contributed by atoms with E-state index in [9.17, 15) is 79.5 Å². The molecule has 3 aliphatic heterocycles. The third kappa shape index (κ3) is 31.4. The first-order valence-corrected chi connectivity index (χ1v) is 33.4. The van der Waals surface area contributed by atoms with E-state index in [0.29, 0.717) is 142 Å². The number of nitrogens with zero attached hydrogens (tertiary/aromatic N) is 1. The lowest BCUT2D eigenvalue weighted by molar-refractivity contribution is -0.282. The van der Waals surface area contributed by atoms with Gasteiger partial charge in [0.2, 0.25) is 29.5 Å². The molecule has 0 aliphatic carbocycles. The third-order valence-electron chi connectivity index (χ3n) is 16.7. The molecule has 3 fully saturated rings. The quantitative estimate of drug-likeness (QED) is 0.0346. The van der Waals surface area contributed by atoms with E-state index >= 15 is 0 Å². The van der Waals surface area contributed by atoms with E-state index in [4.69, 9.17) is 28.4 Å². The average Bonchev–Trinajstić information content (AvgIpc) is 1.10. The lowest BCUT2D eigenvalue weighted by Gasteiger charge is -2.42. The Morgan fingerprint density at radius 1 is 0.440 bits per heavy atom. The van der Waals surface area contributed by atoms with Crippen LogP contribution in [0.15, 0.2) is 0 Å². The van der Waals surface area contributed by atoms with Crippen LogP contribution < -0.4 is 26.6 Å². The second kappa shape index (κ2) is 46.2. The fourth-order valence-corrected chi connectivity index (χ4v) is 11.1. The van der Waals surface area contributed by atoms with Gasteiger partial charge in [0.1, 0.15) is 60.3 Å². The van der Waals surface area contributed by atoms with Gasteiger partial charge in [-0.15, -0.1) is 0 Å². The Bertz CT molecular complexity index is 2080. The lowest BCUT2D eigenvalue weighted by atomic mass is 9.92. The van der Waals surface area contributed by atoms with Crippen LogP contribution in [0.3, 0.4) is 0 Å². The number of carbonyl (C=O) groups excluding carboxylic acids is 7. The third-order valence-corrected chi connectivity index (χ3v) is 16.7. The standard InChI is InChI=1S/C63H114N6O22/c1-40(2)34-45(46(75)23-15-17-28-65-51(77)25-12-8-18-31-86-61-41(3)55(80)57(82)47(37-70)89-61)69(36-53(79)67-30-21-29-66-52(78)26-13-9-19-32-87-62-42(4)56(81)58(83)48(38-71)90-62)35-44(74)22-11-6-7-16-27-64-50(76)24-14-10-20-33-88-63-54(68-43(5)73)60(85)59(84)49(39-72)91-63/h40-42,45,47-49,54-63,70-72,80-85H,6-39H2,1-5H3,(H,64,76)(H,65,77)(H,66,78)(H,67,79)(H,68,73)/t41?,42?,45?,47?,48?,49?,54?,55-,56-,57+,58+,59+,60-,61-,62-,63-/m1/s1. The van der Waals surface area contributed by atoms with Gasteiger partial charge in [0.05, 0.1) is 51.2 Å². The summed E-state index contributed by atoms with van der Waals surface area (Å²) in [4.78, 5) is 92.4. The van der Waals surface area contributed by atoms with Crippen LogP contribution in [0.2, 0.25) is 0 Å². The van der Waals surface area contributed by atoms with E-state index in [1.807, 2.05) is 13.8 Å². The first-order valence-electron chi connectivity index (χ1n) is 33.4. The van der Waals surface area contributed by atoms with Crippen molar-refractivity contribution in [2.75, 3.05) is 78.9 Å². The van der Waals surface area contributed by atoms with E-state index in [1.165, 1.54) is 6.92 Å². The van der Waals surface area contributed by atoms with Crippen LogP contribution in [0, 0.1) is 17.8 Å². The molecule has 0 spiro atoms. The SMILES string of the molecule is CC(=O)NC1[C@H](OCCCCCC(=O)NCCCCCCC(=O)CN(CC(=O)NCCCNC(=O)CCCCCO[C@@H]2OC(CO)[C@H](O)[C@H](O)C2C)C(CC(C)C)C(=O)CCCCNC(=O)CCCCCO[C@@H]2OC(CO)[C@H](O)[C@H](O)C2C)OC(CO)[C@H](O)[C@@H]1O. The first kappa shape index (κ1) is 81.3. The number of nitrogens with one attached hydrogen (secondary N) is 5. The molecule has 3 rings (SSSR count). The highest BCUT2D eigenvalue weighted by Crippen LogP contribution is 2.29. The van der Waals surface area contributed by atoms with Crippen LogP contribution in [-0.4, -0.2) is 257 Å². The maximum atomic E-state index is 14.1. The van der Waals surface area contributed by atoms with Crippen LogP contribution in [0.25, 0.3) is 0 Å². The molecule has 0 aromatic rings. The van der Waals surface area contributed by atoms with E-state index in [2.05, 4.69) is 26.6 Å². The summed E-state index contributed by atoms with van der Waals surface area (Å²) in [6, 6.07) is -1.74. The summed E-state index contributed by atoms with van der Waals surface area (Å²) in [7, 11) is 0. The number of aliphatic hydroxyl groups is 9. The van der Waals surface area contributed by atoms with Gasteiger partial charge in [-0.25, -0.2) is 0 Å². The number of ketones is 2. The zero-order valence-electron chi connectivity index (χ0n) is 54.6. The highest BCUT2D eigenvalue weighted by Gasteiger charge is 2.46. The van der Waals surface area contributed by atoms with Crippen LogP contribution in [0.4, 0.5) is 0 Å². The number of carbonyl (C=O) groups is 7. The zero-order chi connectivity index (χ0) is 67.3. The topological polar surface area (TPSA) is 420 Å². The largest absolute Gasteiger partial charge is 0.394 e. The smallest absolute Gasteiger partial charge is 0.234 e. The van der Waals surface area contributed by atoms with Crippen LogP contribution in [0.1, 0.15) is 176 Å². The lowest BCUT2D eigenvalue weighted by Crippen LogP contribution is -2.64. The number of hydrogen-bond donors (Lipinski definition) is 14. The molecule has 91 heavy (non-hydrogen) atoms. The van der Waals surface area contributed by atoms with Crippen molar-refractivity contribution in [2.45, 2.75) is 262 Å². The molecular weight excluding hydrogens is 1190 g/mol. The van der Waals surface area contributed by atoms with Crippen LogP contribution in [-0.2, 0) is 62.0 Å². The molecule has 3 aliphatic rings. The first-order chi connectivity index (χ1) is 43.5. The second-order valence-corrected chi connectivity index (χ2v) is 25.0. The van der Waals surface area contributed by atoms with Gasteiger partial charge in [0.25, 0.3) is 0 Å². The van der Waals surface area contributed by atoms with E-state index in [0.717, 1.165) is 12.8 Å². The summed E-state index contributed by atoms with van der Waals surface area (Å²) in [5, 5.41) is 104. The summed E-state index contributed by atoms with van der Waals surface area (Å²) in [5.74, 6) is -2.33. The van der Waals surface area contributed by atoms with Crippen molar-refractivity contribution < 1.29 is 108 Å². The van der Waals surface area contributed by atoms with Crippen molar-refractivity contribution in [1.29, 1.82) is 0 Å². The molecule has 3 saturated heterocycles. The van der Waals surface area contributed by atoms with Crippen LogP contribution in [0.5, 0.6) is 0 Å². The van der Waals surface area contributed by atoms with E-state index in [-0.39, 0.29) is 86.6 Å². The minimum atomic E-state index is -1.41. The Morgan fingerprint density at radius 3 is 1.26 bits per heavy atom. The van der Waals surface area contributed by atoms with Crippen molar-refractivity contribution in [1.82, 2.24) is 31.5 Å². The molecule has 0 radical (unpaired) electrons. The predicted molar refractivity (Wildman–Crippen MR) is 331 cm³/mol. The van der Waals surface area contributed by atoms with Gasteiger partial charge in [0.15, 0.2) is 18.9 Å². The van der Waals surface area contributed by atoms with Crippen molar-refractivity contribution in [2.24, 2.45) is 17.8 Å². The Labute approximate surface area is 537 Å². The minimum Gasteiger partial charge on any atom is -0.394 e. The Hall–Kier alpha value is -3.95. The average molecular weight is 1310 g/mol. The fraction of sp³-hybridized carbons (Fsp3) is 0.889. The molecule has 16 atom stereocenters. The Kier molecular flexibility index (Phi) is 41.3. The molecule has 0 saturated carbocycles. The Balaban J connectivity index is 1.41. The molecule has 28 nitrogen and oxygen atoms in total. The van der Waals surface area contributed by atoms with Gasteiger partial charge in [-0.3, -0.25) is 38.5 Å². The maximum Gasteiger partial charge on any atom is 0.234 e. The molecule has 0 aromatic carbocycles. The number of Topliss-reactive ketones (excluding diaryl/α,β-unsaturated/α-hetero) is 2. The van der Waals surface area contributed by atoms with Gasteiger partial charge in [-0.1, -0.05) is 59.8 Å².